The number of para-hydroxylation sites is 1. The van der Waals surface area contributed by atoms with Gasteiger partial charge in [-0.25, -0.2) is 0 Å². The van der Waals surface area contributed by atoms with Crippen molar-refractivity contribution in [1.82, 2.24) is 4.57 Å². The lowest BCUT2D eigenvalue weighted by Crippen LogP contribution is -2.28. The van der Waals surface area contributed by atoms with E-state index in [1.54, 1.807) is 0 Å². The Morgan fingerprint density at radius 1 is 0.406 bits per heavy atom. The van der Waals surface area contributed by atoms with E-state index in [0.717, 1.165) is 61.2 Å². The average Bonchev–Trinajstić information content (AvgIpc) is 3.84. The summed E-state index contributed by atoms with van der Waals surface area (Å²) in [7, 11) is 0. The van der Waals surface area contributed by atoms with Crippen molar-refractivity contribution in [3.63, 3.8) is 0 Å². The van der Waals surface area contributed by atoms with Gasteiger partial charge in [0, 0.05) is 33.5 Å². The van der Waals surface area contributed by atoms with Crippen LogP contribution in [0.5, 0.6) is 0 Å². The standard InChI is InChI=1S/C62H44N2/c1-43-25-32-50(33-26-43)63(51-34-27-45(28-35-51)44-15-5-2-6-16-44)52-36-29-46(30-37-52)47-31-40-61-57(41-47)56-22-12-14-24-60(56)64(61)53-38-39-55-54-21-11-13-23-58(54)62(59(55)42-53,48-17-7-3-8-18-48)49-19-9-4-10-20-49/h2-42H,1H3/i12D,14D,31D. The van der Waals surface area contributed by atoms with Crippen LogP contribution < -0.4 is 4.90 Å². The third kappa shape index (κ3) is 6.02. The summed E-state index contributed by atoms with van der Waals surface area (Å²) in [4.78, 5) is 2.27. The molecule has 0 bridgehead atoms. The third-order valence-electron chi connectivity index (χ3n) is 13.1. The van der Waals surface area contributed by atoms with Gasteiger partial charge in [0.25, 0.3) is 0 Å². The lowest BCUT2D eigenvalue weighted by atomic mass is 9.67. The number of fused-ring (bicyclic) bond motifs is 6. The highest BCUT2D eigenvalue weighted by Crippen LogP contribution is 2.56. The Bertz CT molecular complexity index is 3600. The van der Waals surface area contributed by atoms with Crippen LogP contribution in [0.3, 0.4) is 0 Å². The molecule has 2 nitrogen and oxygen atoms in total. The van der Waals surface area contributed by atoms with Crippen LogP contribution in [0.4, 0.5) is 17.1 Å². The highest BCUT2D eigenvalue weighted by atomic mass is 15.1. The summed E-state index contributed by atoms with van der Waals surface area (Å²) in [5.74, 6) is 0. The second kappa shape index (κ2) is 15.3. The highest BCUT2D eigenvalue weighted by Gasteiger charge is 2.46. The summed E-state index contributed by atoms with van der Waals surface area (Å²) < 4.78 is 29.5. The van der Waals surface area contributed by atoms with E-state index in [-0.39, 0.29) is 12.1 Å². The molecule has 11 aromatic rings. The van der Waals surface area contributed by atoms with Gasteiger partial charge in [0.2, 0.25) is 0 Å². The van der Waals surface area contributed by atoms with Crippen LogP contribution in [0.2, 0.25) is 0 Å². The van der Waals surface area contributed by atoms with Crippen molar-refractivity contribution in [2.45, 2.75) is 12.3 Å². The fourth-order valence-corrected chi connectivity index (χ4v) is 10.2. The van der Waals surface area contributed by atoms with Crippen molar-refractivity contribution in [1.29, 1.82) is 0 Å². The zero-order chi connectivity index (χ0) is 45.2. The lowest BCUT2D eigenvalue weighted by molar-refractivity contribution is 0.767. The highest BCUT2D eigenvalue weighted by molar-refractivity contribution is 6.10. The van der Waals surface area contributed by atoms with E-state index in [4.69, 9.17) is 2.74 Å². The third-order valence-corrected chi connectivity index (χ3v) is 13.1. The summed E-state index contributed by atoms with van der Waals surface area (Å²) in [6.45, 7) is 2.11. The number of benzene rings is 10. The van der Waals surface area contributed by atoms with E-state index in [1.807, 2.05) is 24.3 Å². The number of aromatic nitrogens is 1. The summed E-state index contributed by atoms with van der Waals surface area (Å²) in [5.41, 5.74) is 17.6. The maximum Gasteiger partial charge on any atom is 0.0714 e. The molecule has 0 fully saturated rings. The molecule has 0 unspecified atom stereocenters. The van der Waals surface area contributed by atoms with Gasteiger partial charge < -0.3 is 9.47 Å². The van der Waals surface area contributed by atoms with E-state index in [1.165, 1.54) is 44.5 Å². The molecule has 0 atom stereocenters. The molecule has 2 heteroatoms. The molecular weight excluding hydrogens is 773 g/mol. The minimum atomic E-state index is -0.585. The van der Waals surface area contributed by atoms with Gasteiger partial charge in [-0.05, 0) is 129 Å². The van der Waals surface area contributed by atoms with E-state index in [0.29, 0.717) is 6.04 Å². The number of nitrogens with zero attached hydrogens (tertiary/aromatic N) is 2. The Morgan fingerprint density at radius 2 is 0.922 bits per heavy atom. The van der Waals surface area contributed by atoms with E-state index in [9.17, 15) is 1.37 Å². The summed E-state index contributed by atoms with van der Waals surface area (Å²) in [5, 5.41) is 1.80. The molecule has 0 saturated carbocycles. The van der Waals surface area contributed by atoms with Crippen molar-refractivity contribution >= 4 is 38.9 Å². The van der Waals surface area contributed by atoms with E-state index < -0.39 is 5.41 Å². The fourth-order valence-electron chi connectivity index (χ4n) is 10.2. The van der Waals surface area contributed by atoms with Gasteiger partial charge in [-0.15, -0.1) is 0 Å². The molecule has 1 heterocycles. The Hall–Kier alpha value is -8.20. The predicted molar refractivity (Wildman–Crippen MR) is 268 cm³/mol. The van der Waals surface area contributed by atoms with Gasteiger partial charge in [0.1, 0.15) is 0 Å². The van der Waals surface area contributed by atoms with Gasteiger partial charge >= 0.3 is 0 Å². The molecule has 10 aromatic carbocycles. The van der Waals surface area contributed by atoms with Gasteiger partial charge in [-0.3, -0.25) is 0 Å². The maximum absolute atomic E-state index is 9.63. The van der Waals surface area contributed by atoms with Crippen molar-refractivity contribution in [2.75, 3.05) is 4.90 Å². The van der Waals surface area contributed by atoms with Crippen molar-refractivity contribution < 1.29 is 4.11 Å². The topological polar surface area (TPSA) is 8.17 Å². The van der Waals surface area contributed by atoms with E-state index in [2.05, 4.69) is 223 Å². The Kier molecular flexibility index (Phi) is 8.23. The fraction of sp³-hybridized carbons (Fsp3) is 0.0323. The Labute approximate surface area is 378 Å². The van der Waals surface area contributed by atoms with Crippen LogP contribution in [0.15, 0.2) is 249 Å². The molecule has 0 N–H and O–H groups in total. The second-order valence-corrected chi connectivity index (χ2v) is 16.7. The predicted octanol–water partition coefficient (Wildman–Crippen LogP) is 16.3. The number of anilines is 3. The SMILES string of the molecule is [2H]c1cc2c3cc(-c4ccc(N(c5ccc(C)cc5)c5ccc(-c6ccccc6)cc5)cc4)c([2H])cc3n(-c3ccc4c(c3)C(c3ccccc3)(c3ccccc3)c3ccccc3-4)c2cc1[2H]. The first-order valence-corrected chi connectivity index (χ1v) is 21.9. The summed E-state index contributed by atoms with van der Waals surface area (Å²) in [6, 6.07) is 81.7. The minimum absolute atomic E-state index is 0.155. The molecule has 302 valence electrons. The van der Waals surface area contributed by atoms with Gasteiger partial charge in [-0.1, -0.05) is 187 Å². The van der Waals surface area contributed by atoms with Gasteiger partial charge in [0.15, 0.2) is 0 Å². The number of rotatable bonds is 8. The van der Waals surface area contributed by atoms with Crippen LogP contribution in [0, 0.1) is 6.92 Å². The van der Waals surface area contributed by atoms with Crippen LogP contribution in [0.1, 0.15) is 31.9 Å². The molecule has 0 saturated heterocycles. The summed E-state index contributed by atoms with van der Waals surface area (Å²) >= 11 is 0. The molecule has 1 aromatic heterocycles. The molecule has 0 amide bonds. The monoisotopic (exact) mass is 819 g/mol. The van der Waals surface area contributed by atoms with Crippen LogP contribution in [-0.4, -0.2) is 4.57 Å². The molecule has 0 radical (unpaired) electrons. The first-order chi connectivity index (χ1) is 32.9. The zero-order valence-corrected chi connectivity index (χ0v) is 35.3. The molecule has 64 heavy (non-hydrogen) atoms. The molecule has 0 spiro atoms. The maximum atomic E-state index is 9.63. The van der Waals surface area contributed by atoms with E-state index >= 15 is 0 Å². The first kappa shape index (κ1) is 34.4. The second-order valence-electron chi connectivity index (χ2n) is 16.7. The smallest absolute Gasteiger partial charge is 0.0714 e. The van der Waals surface area contributed by atoms with Crippen molar-refractivity contribution in [3.05, 3.63) is 276 Å². The largest absolute Gasteiger partial charge is 0.311 e. The molecular formula is C62H44N2. The molecule has 1 aliphatic rings. The quantitative estimate of drug-likeness (QED) is 0.148. The van der Waals surface area contributed by atoms with Crippen LogP contribution >= 0.6 is 0 Å². The van der Waals surface area contributed by atoms with Gasteiger partial charge in [0.05, 0.1) is 20.6 Å². The van der Waals surface area contributed by atoms with Crippen molar-refractivity contribution in [3.8, 4) is 39.1 Å². The van der Waals surface area contributed by atoms with Crippen LogP contribution in [-0.2, 0) is 5.41 Å². The average molecular weight is 820 g/mol. The Balaban J connectivity index is 0.998. The Morgan fingerprint density at radius 3 is 1.58 bits per heavy atom. The van der Waals surface area contributed by atoms with Crippen molar-refractivity contribution in [2.24, 2.45) is 0 Å². The zero-order valence-electron chi connectivity index (χ0n) is 38.3. The van der Waals surface area contributed by atoms with Crippen LogP contribution in [0.25, 0.3) is 60.9 Å². The first-order valence-electron chi connectivity index (χ1n) is 23.4. The minimum Gasteiger partial charge on any atom is -0.311 e. The summed E-state index contributed by atoms with van der Waals surface area (Å²) in [6.07, 6.45) is 0. The lowest BCUT2D eigenvalue weighted by Gasteiger charge is -2.34. The number of aryl methyl sites for hydroxylation is 1. The number of hydrogen-bond acceptors (Lipinski definition) is 1. The molecule has 1 aliphatic carbocycles. The molecule has 12 rings (SSSR count). The normalized spacial score (nSPS) is 13.2. The number of hydrogen-bond donors (Lipinski definition) is 0. The van der Waals surface area contributed by atoms with Gasteiger partial charge in [-0.2, -0.15) is 0 Å². The molecule has 0 aliphatic heterocycles.